The molecule has 0 aliphatic carbocycles. The van der Waals surface area contributed by atoms with Gasteiger partial charge in [-0.3, -0.25) is 9.69 Å². The Kier molecular flexibility index (Phi) is 11.9. The van der Waals surface area contributed by atoms with Gasteiger partial charge in [-0.1, -0.05) is 45.1 Å². The molecule has 0 aliphatic heterocycles. The Labute approximate surface area is 229 Å². The molecule has 0 spiro atoms. The normalized spacial score (nSPS) is 11.8. The van der Waals surface area contributed by atoms with Crippen LogP contribution in [-0.2, 0) is 10.0 Å². The van der Waals surface area contributed by atoms with E-state index in [4.69, 9.17) is 0 Å². The molecule has 2 aromatic carbocycles. The molecule has 0 unspecified atom stereocenters. The van der Waals surface area contributed by atoms with E-state index >= 15 is 0 Å². The van der Waals surface area contributed by atoms with Crippen LogP contribution in [0.1, 0.15) is 50.9 Å². The number of nitrogens with zero attached hydrogens (tertiary/aromatic N) is 4. The van der Waals surface area contributed by atoms with Crippen molar-refractivity contribution in [3.05, 3.63) is 53.8 Å². The SMILES string of the molecule is CCCN(CCC)S(=O)(=O)c1ccc(C(=O)N(CCN(CC)CC)c2nc3c(F)cccc3s2)cc1.Cl. The maximum absolute atomic E-state index is 14.3. The summed E-state index contributed by atoms with van der Waals surface area (Å²) in [5.74, 6) is -0.728. The number of likely N-dealkylation sites (N-methyl/N-ethyl adjacent to an activating group) is 1. The van der Waals surface area contributed by atoms with Crippen LogP contribution in [0.5, 0.6) is 0 Å². The van der Waals surface area contributed by atoms with Crippen molar-refractivity contribution < 1.29 is 17.6 Å². The monoisotopic (exact) mass is 570 g/mol. The molecule has 0 bridgehead atoms. The first kappa shape index (κ1) is 31.1. The first-order chi connectivity index (χ1) is 17.3. The lowest BCUT2D eigenvalue weighted by atomic mass is 10.2. The summed E-state index contributed by atoms with van der Waals surface area (Å²) in [5.41, 5.74) is 0.595. The number of benzene rings is 2. The van der Waals surface area contributed by atoms with E-state index in [0.717, 1.165) is 25.9 Å². The number of fused-ring (bicyclic) bond motifs is 1. The number of amides is 1. The molecule has 37 heavy (non-hydrogen) atoms. The lowest BCUT2D eigenvalue weighted by Crippen LogP contribution is -2.39. The molecule has 0 radical (unpaired) electrons. The van der Waals surface area contributed by atoms with Crippen LogP contribution in [0.15, 0.2) is 47.4 Å². The number of sulfonamides is 1. The van der Waals surface area contributed by atoms with E-state index in [0.29, 0.717) is 41.6 Å². The molecule has 0 saturated heterocycles. The molecule has 0 fully saturated rings. The van der Waals surface area contributed by atoms with Crippen molar-refractivity contribution in [2.45, 2.75) is 45.4 Å². The van der Waals surface area contributed by atoms with Gasteiger partial charge in [-0.15, -0.1) is 12.4 Å². The van der Waals surface area contributed by atoms with E-state index < -0.39 is 15.8 Å². The van der Waals surface area contributed by atoms with Crippen molar-refractivity contribution in [3.63, 3.8) is 0 Å². The second kappa shape index (κ2) is 14.2. The summed E-state index contributed by atoms with van der Waals surface area (Å²) in [4.78, 5) is 22.0. The highest BCUT2D eigenvalue weighted by Gasteiger charge is 2.26. The molecular formula is C26H36ClFN4O3S2. The molecule has 1 aromatic heterocycles. The van der Waals surface area contributed by atoms with Gasteiger partial charge in [-0.05, 0) is 62.3 Å². The Bertz CT molecular complexity index is 1260. The van der Waals surface area contributed by atoms with Gasteiger partial charge >= 0.3 is 0 Å². The van der Waals surface area contributed by atoms with Gasteiger partial charge in [0.1, 0.15) is 11.3 Å². The molecule has 0 atom stereocenters. The van der Waals surface area contributed by atoms with Crippen molar-refractivity contribution in [3.8, 4) is 0 Å². The van der Waals surface area contributed by atoms with Crippen molar-refractivity contribution in [2.75, 3.05) is 44.2 Å². The van der Waals surface area contributed by atoms with Gasteiger partial charge in [0.15, 0.2) is 5.13 Å². The predicted molar refractivity (Wildman–Crippen MR) is 152 cm³/mol. The maximum atomic E-state index is 14.3. The summed E-state index contributed by atoms with van der Waals surface area (Å²) in [6.45, 7) is 11.6. The summed E-state index contributed by atoms with van der Waals surface area (Å²) in [6, 6.07) is 10.8. The Hall–Kier alpha value is -2.11. The first-order valence-corrected chi connectivity index (χ1v) is 14.7. The highest BCUT2D eigenvalue weighted by molar-refractivity contribution is 7.89. The maximum Gasteiger partial charge on any atom is 0.260 e. The Balaban J connectivity index is 0.00000481. The smallest absolute Gasteiger partial charge is 0.260 e. The third-order valence-corrected chi connectivity index (χ3v) is 9.01. The van der Waals surface area contributed by atoms with Crippen LogP contribution in [0.25, 0.3) is 10.2 Å². The minimum atomic E-state index is -3.64. The third kappa shape index (κ3) is 7.26. The van der Waals surface area contributed by atoms with Gasteiger partial charge in [-0.25, -0.2) is 17.8 Å². The van der Waals surface area contributed by atoms with E-state index in [-0.39, 0.29) is 28.7 Å². The lowest BCUT2D eigenvalue weighted by molar-refractivity contribution is 0.0983. The number of thiazole rings is 1. The molecule has 0 aliphatic rings. The van der Waals surface area contributed by atoms with Crippen LogP contribution in [0, 0.1) is 5.82 Å². The van der Waals surface area contributed by atoms with Gasteiger partial charge in [0.05, 0.1) is 9.60 Å². The predicted octanol–water partition coefficient (Wildman–Crippen LogP) is 5.66. The summed E-state index contributed by atoms with van der Waals surface area (Å²) >= 11 is 1.26. The summed E-state index contributed by atoms with van der Waals surface area (Å²) in [5, 5.41) is 0.418. The van der Waals surface area contributed by atoms with E-state index in [1.54, 1.807) is 29.2 Å². The van der Waals surface area contributed by atoms with Gasteiger partial charge in [0.25, 0.3) is 5.91 Å². The number of hydrogen-bond donors (Lipinski definition) is 0. The Morgan fingerprint density at radius 2 is 1.54 bits per heavy atom. The van der Waals surface area contributed by atoms with Crippen molar-refractivity contribution in [1.82, 2.24) is 14.2 Å². The van der Waals surface area contributed by atoms with E-state index in [1.807, 2.05) is 13.8 Å². The molecule has 11 heteroatoms. The molecule has 1 amide bonds. The number of anilines is 1. The van der Waals surface area contributed by atoms with Crippen LogP contribution >= 0.6 is 23.7 Å². The standard InChI is InChI=1S/C26H35FN4O3S2.ClH/c1-5-16-30(17-6-2)36(33,34)21-14-12-20(13-15-21)25(32)31(19-18-29(7-3)8-4)26-28-24-22(27)10-9-11-23(24)35-26;/h9-15H,5-8,16-19H2,1-4H3;1H. The number of rotatable bonds is 13. The zero-order valence-corrected chi connectivity index (χ0v) is 24.3. The number of aromatic nitrogens is 1. The van der Waals surface area contributed by atoms with Crippen LogP contribution in [0.2, 0.25) is 0 Å². The fourth-order valence-electron chi connectivity index (χ4n) is 4.01. The molecule has 7 nitrogen and oxygen atoms in total. The van der Waals surface area contributed by atoms with Crippen molar-refractivity contribution in [1.29, 1.82) is 0 Å². The molecule has 204 valence electrons. The van der Waals surface area contributed by atoms with Crippen LogP contribution in [-0.4, -0.2) is 67.8 Å². The number of halogens is 2. The molecule has 3 rings (SSSR count). The third-order valence-electron chi connectivity index (χ3n) is 6.05. The van der Waals surface area contributed by atoms with Crippen molar-refractivity contribution >= 4 is 55.0 Å². The summed E-state index contributed by atoms with van der Waals surface area (Å²) < 4.78 is 42.7. The zero-order chi connectivity index (χ0) is 26.3. The fourth-order valence-corrected chi connectivity index (χ4v) is 6.64. The van der Waals surface area contributed by atoms with Gasteiger partial charge in [0.2, 0.25) is 10.0 Å². The number of carbonyl (C=O) groups is 1. The average Bonchev–Trinajstić information content (AvgIpc) is 3.31. The molecule has 1 heterocycles. The Morgan fingerprint density at radius 3 is 2.08 bits per heavy atom. The zero-order valence-electron chi connectivity index (χ0n) is 21.8. The topological polar surface area (TPSA) is 73.8 Å². The van der Waals surface area contributed by atoms with E-state index in [2.05, 4.69) is 23.7 Å². The Morgan fingerprint density at radius 1 is 0.919 bits per heavy atom. The number of hydrogen-bond acceptors (Lipinski definition) is 6. The first-order valence-electron chi connectivity index (χ1n) is 12.5. The number of para-hydroxylation sites is 1. The second-order valence-corrected chi connectivity index (χ2v) is 11.4. The van der Waals surface area contributed by atoms with Crippen LogP contribution < -0.4 is 4.90 Å². The molecule has 0 N–H and O–H groups in total. The van der Waals surface area contributed by atoms with E-state index in [1.165, 1.54) is 33.8 Å². The summed E-state index contributed by atoms with van der Waals surface area (Å²) in [6.07, 6.45) is 1.44. The second-order valence-electron chi connectivity index (χ2n) is 8.50. The van der Waals surface area contributed by atoms with Crippen LogP contribution in [0.3, 0.4) is 0 Å². The van der Waals surface area contributed by atoms with Crippen LogP contribution in [0.4, 0.5) is 9.52 Å². The lowest BCUT2D eigenvalue weighted by Gasteiger charge is -2.25. The highest BCUT2D eigenvalue weighted by atomic mass is 35.5. The van der Waals surface area contributed by atoms with Gasteiger partial charge < -0.3 is 4.90 Å². The quantitative estimate of drug-likeness (QED) is 0.265. The minimum absolute atomic E-state index is 0. The largest absolute Gasteiger partial charge is 0.302 e. The van der Waals surface area contributed by atoms with E-state index in [9.17, 15) is 17.6 Å². The molecule has 3 aromatic rings. The number of carbonyl (C=O) groups excluding carboxylic acids is 1. The average molecular weight is 571 g/mol. The summed E-state index contributed by atoms with van der Waals surface area (Å²) in [7, 11) is -3.64. The molecular weight excluding hydrogens is 535 g/mol. The highest BCUT2D eigenvalue weighted by Crippen LogP contribution is 2.31. The fraction of sp³-hybridized carbons (Fsp3) is 0.462. The van der Waals surface area contributed by atoms with Crippen molar-refractivity contribution in [2.24, 2.45) is 0 Å². The van der Waals surface area contributed by atoms with Gasteiger partial charge in [-0.2, -0.15) is 4.31 Å². The molecule has 0 saturated carbocycles. The van der Waals surface area contributed by atoms with Gasteiger partial charge in [0, 0.05) is 31.7 Å². The minimum Gasteiger partial charge on any atom is -0.302 e.